The number of carbonyl (C=O) groups is 5. The van der Waals surface area contributed by atoms with Gasteiger partial charge in [0.05, 0.1) is 76.1 Å². The Bertz CT molecular complexity index is 7070. The van der Waals surface area contributed by atoms with Gasteiger partial charge in [-0.3, -0.25) is 19.2 Å². The quantitative estimate of drug-likeness (QED) is 0.0329. The molecular formula is C125H129N3O20S2. The molecule has 4 fully saturated rings. The van der Waals surface area contributed by atoms with Gasteiger partial charge in [0.2, 0.25) is 0 Å². The molecule has 0 aromatic heterocycles. The Morgan fingerprint density at radius 2 is 0.993 bits per heavy atom. The van der Waals surface area contributed by atoms with E-state index in [0.717, 1.165) is 151 Å². The summed E-state index contributed by atoms with van der Waals surface area (Å²) in [6.45, 7) is 13.3. The number of methoxy groups -OCH3 is 5. The van der Waals surface area contributed by atoms with E-state index in [2.05, 4.69) is 43.2 Å². The number of amides is 1. The number of Topliss-reactive ketones (excluding diaryl/α,β-unsaturated/α-hetero) is 4. The van der Waals surface area contributed by atoms with Crippen LogP contribution in [0.25, 0.3) is 12.2 Å². The van der Waals surface area contributed by atoms with Crippen LogP contribution < -0.4 is 33.7 Å². The number of nitrogens with zero attached hydrogens (tertiary/aromatic N) is 2. The first kappa shape index (κ1) is 108. The van der Waals surface area contributed by atoms with Gasteiger partial charge in [-0.1, -0.05) is 246 Å². The molecule has 0 radical (unpaired) electrons. The van der Waals surface area contributed by atoms with Gasteiger partial charge < -0.3 is 58.9 Å². The third-order valence-electron chi connectivity index (χ3n) is 31.2. The zero-order valence-electron chi connectivity index (χ0n) is 86.3. The monoisotopic (exact) mass is 2060 g/mol. The van der Waals surface area contributed by atoms with E-state index in [9.17, 15) is 61.2 Å². The van der Waals surface area contributed by atoms with Crippen molar-refractivity contribution in [2.24, 2.45) is 50.6 Å². The minimum atomic E-state index is -4.27. The SMILES string of the molecule is CC(=O)c1ccc(C(S(=O)(=O)c2ccccc2)S(=O)(=O)c2ccccc2)cc1.CC(C)[C@H]1CC[C@@]2(C)C(CCC3[C@](C)(CO)CCC[C@]32O)C1.CCOC(=O)NC1c2ccccc2Oc2ccccc21.COc1ccc(/C=C2/CC/C(=C/c3ccc(OC)cc3)C2=O)cc1.COc1ccc(C2c3cc(O)c(OC)cc3Cc3cc(OC)c(O)cc32)cc1.O=C1c2ccccc2C(=O)[C@@]2(C(c3ccccc3)c3ccccc3)N=NCC12. The van der Waals surface area contributed by atoms with Crippen LogP contribution in [-0.4, -0.2) is 133 Å². The summed E-state index contributed by atoms with van der Waals surface area (Å²) in [5.41, 5.74) is 12.3. The van der Waals surface area contributed by atoms with E-state index in [1.807, 2.05) is 206 Å². The van der Waals surface area contributed by atoms with E-state index in [-0.39, 0.29) is 97.8 Å². The number of ether oxygens (including phenoxy) is 7. The third-order valence-corrected chi connectivity index (χ3v) is 36.3. The Hall–Kier alpha value is -14.9. The number of hydrogen-bond donors (Lipinski definition) is 5. The molecule has 2 heterocycles. The lowest BCUT2D eigenvalue weighted by Crippen LogP contribution is -2.65. The summed E-state index contributed by atoms with van der Waals surface area (Å²) in [4.78, 5) is 62.9. The van der Waals surface area contributed by atoms with Crippen LogP contribution in [-0.2, 0) is 35.6 Å². The molecule has 8 atom stereocenters. The van der Waals surface area contributed by atoms with Gasteiger partial charge in [-0.05, 0) is 284 Å². The van der Waals surface area contributed by atoms with Crippen LogP contribution in [0.2, 0.25) is 0 Å². The lowest BCUT2D eigenvalue weighted by Gasteiger charge is -2.65. The molecule has 0 saturated heterocycles. The molecule has 5 N–H and O–H groups in total. The fourth-order valence-corrected chi connectivity index (χ4v) is 27.7. The van der Waals surface area contributed by atoms with Crippen LogP contribution in [0.1, 0.15) is 226 Å². The molecule has 776 valence electrons. The number of carbonyl (C=O) groups excluding carboxylic acids is 5. The number of ketones is 4. The number of sulfone groups is 2. The minimum absolute atomic E-state index is 0.0444. The summed E-state index contributed by atoms with van der Waals surface area (Å²) in [6, 6.07) is 93.0. The Labute approximate surface area is 878 Å². The van der Waals surface area contributed by atoms with E-state index in [4.69, 9.17) is 33.2 Å². The molecule has 8 aliphatic rings. The fourth-order valence-electron chi connectivity index (χ4n) is 23.1. The van der Waals surface area contributed by atoms with Crippen molar-refractivity contribution in [1.29, 1.82) is 0 Å². The van der Waals surface area contributed by atoms with Crippen LogP contribution in [0, 0.1) is 40.4 Å². The highest BCUT2D eigenvalue weighted by Gasteiger charge is 2.65. The summed E-state index contributed by atoms with van der Waals surface area (Å²) in [6.07, 6.45) is 14.9. The standard InChI is InChI=1S/C24H18N2O2.C23H22O5.C21H18O5S2.C21H20O3.C20H36O2.C16H15NO3/c27-22-18-13-7-8-14-19(18)23(28)24(20(22)15-25-26-24)21(16-9-3-1-4-10-16)17-11-5-2-6-12-17;1-26-16-6-4-13(5-7-16)23-17-11-19(24)21(27-2)9-14(17)8-15-10-22(28-3)20(25)12-18(15)23;1-16(22)17-12-14-18(15-13-17)21(27(23,24)19-8-4-2-5-9-19)28(25,26)20-10-6-3-7-11-20;1-23-19-9-3-15(4-10-19)13-17-7-8-18(21(17)22)14-16-5-11-20(24-2)12-6-16;1-14(2)15-8-11-19(4)16(12-15)6-7-17-18(3,13-21)9-5-10-20(17,19)22;1-2-19-16(18)17-15-11-7-3-5-9-13(11)20-14-10-6-4-8-12(14)15/h1-14,20-21H,15H2;4-7,9-12,23-25H,8H2,1-3H3;2-15,21H,1H3;3-6,9-14H,7-8H2,1-2H3;14-17,21-22H,5-13H2,1-4H3;3-10,15H,2H2,1H3,(H,17,18)/b;;;17-13-,18-14-;;/t20?,24-;;;;15-,16?,17?,18-,19-,20-;/m1...0./s1. The summed E-state index contributed by atoms with van der Waals surface area (Å²) in [5.74, 6) is 6.26. The normalized spacial score (nSPS) is 21.1. The smallest absolute Gasteiger partial charge is 0.407 e. The van der Waals surface area contributed by atoms with E-state index < -0.39 is 47.4 Å². The molecule has 6 aliphatic carbocycles. The summed E-state index contributed by atoms with van der Waals surface area (Å²) >= 11 is 0. The first-order chi connectivity index (χ1) is 72.3. The Morgan fingerprint density at radius 1 is 0.527 bits per heavy atom. The van der Waals surface area contributed by atoms with Crippen molar-refractivity contribution in [3.63, 3.8) is 0 Å². The van der Waals surface area contributed by atoms with Crippen LogP contribution >= 0.6 is 0 Å². The second-order valence-electron chi connectivity index (χ2n) is 40.2. The number of aromatic hydroxyl groups is 2. The van der Waals surface area contributed by atoms with Crippen molar-refractivity contribution in [2.45, 2.75) is 156 Å². The Kier molecular flexibility index (Phi) is 33.7. The van der Waals surface area contributed by atoms with Gasteiger partial charge in [0.15, 0.2) is 75.9 Å². The number of benzene rings is 13. The van der Waals surface area contributed by atoms with Gasteiger partial charge in [0.1, 0.15) is 28.7 Å². The number of para-hydroxylation sites is 2. The zero-order chi connectivity index (χ0) is 106. The number of hydrogen-bond acceptors (Lipinski definition) is 22. The largest absolute Gasteiger partial charge is 0.504 e. The van der Waals surface area contributed by atoms with Crippen LogP contribution in [0.15, 0.2) is 347 Å². The maximum atomic E-state index is 13.8. The molecule has 0 bridgehead atoms. The Balaban J connectivity index is 0.000000129. The fraction of sp³-hybridized carbons (Fsp3) is 0.304. The van der Waals surface area contributed by atoms with Gasteiger partial charge >= 0.3 is 6.09 Å². The number of phenols is 2. The van der Waals surface area contributed by atoms with Crippen molar-refractivity contribution >= 4 is 61.1 Å². The number of phenolic OH excluding ortho intramolecular Hbond substituents is 2. The molecule has 0 spiro atoms. The van der Waals surface area contributed by atoms with Crippen molar-refractivity contribution in [2.75, 3.05) is 55.3 Å². The topological polar surface area (TPSA) is 336 Å². The van der Waals surface area contributed by atoms with E-state index in [1.165, 1.54) is 105 Å². The molecule has 2 aliphatic heterocycles. The van der Waals surface area contributed by atoms with Crippen molar-refractivity contribution in [3.8, 4) is 51.7 Å². The lowest BCUT2D eigenvalue weighted by atomic mass is 9.42. The van der Waals surface area contributed by atoms with Crippen LogP contribution in [0.3, 0.4) is 0 Å². The summed E-state index contributed by atoms with van der Waals surface area (Å²) in [5, 5.41) is 54.2. The number of rotatable bonds is 21. The number of fused-ring (bicyclic) bond motifs is 9. The van der Waals surface area contributed by atoms with Crippen LogP contribution in [0.5, 0.6) is 51.7 Å². The van der Waals surface area contributed by atoms with Crippen molar-refractivity contribution < 1.29 is 94.4 Å². The molecule has 150 heavy (non-hydrogen) atoms. The van der Waals surface area contributed by atoms with Gasteiger partial charge in [-0.15, -0.1) is 0 Å². The highest BCUT2D eigenvalue weighted by molar-refractivity contribution is 8.08. The van der Waals surface area contributed by atoms with Crippen molar-refractivity contribution in [1.82, 2.24) is 5.32 Å². The number of nitrogens with one attached hydrogen (secondary N) is 1. The lowest BCUT2D eigenvalue weighted by molar-refractivity contribution is -0.242. The maximum Gasteiger partial charge on any atom is 0.407 e. The number of aliphatic hydroxyl groups is 2. The summed E-state index contributed by atoms with van der Waals surface area (Å²) < 4.78 is 88.5. The van der Waals surface area contributed by atoms with Gasteiger partial charge in [0.25, 0.3) is 0 Å². The highest BCUT2D eigenvalue weighted by atomic mass is 32.3. The zero-order valence-corrected chi connectivity index (χ0v) is 87.9. The second kappa shape index (κ2) is 46.9. The molecular weight excluding hydrogens is 1930 g/mol. The molecule has 1 amide bonds. The van der Waals surface area contributed by atoms with E-state index in [1.54, 1.807) is 91.0 Å². The molecule has 4 saturated carbocycles. The molecule has 13 aromatic carbocycles. The predicted molar refractivity (Wildman–Crippen MR) is 580 cm³/mol. The first-order valence-corrected chi connectivity index (χ1v) is 54.0. The van der Waals surface area contributed by atoms with E-state index in [0.29, 0.717) is 47.1 Å². The molecule has 21 rings (SSSR count). The van der Waals surface area contributed by atoms with Crippen molar-refractivity contribution in [3.05, 3.63) is 410 Å². The number of alkyl carbamates (subject to hydrolysis) is 1. The van der Waals surface area contributed by atoms with Gasteiger partial charge in [-0.25, -0.2) is 21.6 Å². The molecule has 23 nitrogen and oxygen atoms in total. The first-order valence-electron chi connectivity index (χ1n) is 50.9. The molecule has 3 unspecified atom stereocenters. The van der Waals surface area contributed by atoms with E-state index >= 15 is 0 Å². The maximum absolute atomic E-state index is 13.8. The van der Waals surface area contributed by atoms with Gasteiger partial charge in [0, 0.05) is 57.4 Å². The Morgan fingerprint density at radius 3 is 1.46 bits per heavy atom. The average molecular weight is 2060 g/mol. The minimum Gasteiger partial charge on any atom is -0.504 e. The number of azo groups is 1. The number of allylic oxidation sites excluding steroid dienone is 2. The third kappa shape index (κ3) is 22.4. The second-order valence-corrected chi connectivity index (χ2v) is 44.5. The highest BCUT2D eigenvalue weighted by Crippen LogP contribution is 2.66. The van der Waals surface area contributed by atoms with Gasteiger partial charge in [-0.2, -0.15) is 10.2 Å². The molecule has 13 aromatic rings. The molecule has 25 heteroatoms. The number of aliphatic hydroxyl groups excluding tert-OH is 1. The van der Waals surface area contributed by atoms with Crippen LogP contribution in [0.4, 0.5) is 4.79 Å². The summed E-state index contributed by atoms with van der Waals surface area (Å²) in [7, 11) is -0.528. The predicted octanol–water partition coefficient (Wildman–Crippen LogP) is 25.3. The average Bonchev–Trinajstić information content (AvgIpc) is 1.27.